The molecule has 0 unspecified atom stereocenters. The van der Waals surface area contributed by atoms with Gasteiger partial charge in [0.15, 0.2) is 0 Å². The molecule has 36 heavy (non-hydrogen) atoms. The topological polar surface area (TPSA) is 92.2 Å². The second-order valence-corrected chi connectivity index (χ2v) is 9.06. The number of alkyl halides is 1. The van der Waals surface area contributed by atoms with Crippen molar-refractivity contribution in [3.63, 3.8) is 0 Å². The van der Waals surface area contributed by atoms with Gasteiger partial charge in [-0.15, -0.1) is 11.6 Å². The van der Waals surface area contributed by atoms with E-state index in [1.165, 1.54) is 0 Å². The number of benzene rings is 2. The van der Waals surface area contributed by atoms with Gasteiger partial charge in [-0.25, -0.2) is 9.97 Å². The number of anilines is 2. The van der Waals surface area contributed by atoms with E-state index in [2.05, 4.69) is 20.6 Å². The summed E-state index contributed by atoms with van der Waals surface area (Å²) in [4.78, 5) is 35.5. The van der Waals surface area contributed by atoms with Crippen LogP contribution in [-0.2, 0) is 11.8 Å². The van der Waals surface area contributed by atoms with Gasteiger partial charge >= 0.3 is 0 Å². The van der Waals surface area contributed by atoms with Gasteiger partial charge < -0.3 is 20.1 Å². The summed E-state index contributed by atoms with van der Waals surface area (Å²) in [5.41, 5.74) is 5.98. The van der Waals surface area contributed by atoms with E-state index >= 15 is 0 Å². The fourth-order valence-electron chi connectivity index (χ4n) is 4.85. The first-order valence-electron chi connectivity index (χ1n) is 11.9. The number of carbonyl (C=O) groups is 2. The number of hydrogen-bond acceptors (Lipinski definition) is 5. The highest BCUT2D eigenvalue weighted by Gasteiger charge is 2.24. The van der Waals surface area contributed by atoms with Crippen LogP contribution in [0.2, 0.25) is 0 Å². The van der Waals surface area contributed by atoms with Crippen LogP contribution < -0.4 is 10.6 Å². The number of amides is 2. The Labute approximate surface area is 214 Å². The SMILES string of the molecule is CNc1ncnc2c1c(-c1ccc(C(=O)N3CCCC3)cc1)c(-c1ccc(NC(=O)CCl)cc1)n2C. The first kappa shape index (κ1) is 23.8. The van der Waals surface area contributed by atoms with Crippen LogP contribution in [0.25, 0.3) is 33.4 Å². The molecule has 184 valence electrons. The van der Waals surface area contributed by atoms with Gasteiger partial charge in [0.1, 0.15) is 23.7 Å². The van der Waals surface area contributed by atoms with E-state index in [4.69, 9.17) is 11.6 Å². The monoisotopic (exact) mass is 502 g/mol. The van der Waals surface area contributed by atoms with Gasteiger partial charge in [0.05, 0.1) is 11.1 Å². The highest BCUT2D eigenvalue weighted by atomic mass is 35.5. The lowest BCUT2D eigenvalue weighted by atomic mass is 9.97. The zero-order valence-corrected chi connectivity index (χ0v) is 21.0. The van der Waals surface area contributed by atoms with Crippen LogP contribution in [0, 0.1) is 0 Å². The molecule has 0 spiro atoms. The van der Waals surface area contributed by atoms with Gasteiger partial charge in [-0.05, 0) is 48.2 Å². The molecule has 0 bridgehead atoms. The van der Waals surface area contributed by atoms with Crippen molar-refractivity contribution in [3.05, 3.63) is 60.4 Å². The Morgan fingerprint density at radius 1 is 0.972 bits per heavy atom. The predicted octanol–water partition coefficient (Wildman–Crippen LogP) is 4.76. The van der Waals surface area contributed by atoms with Gasteiger partial charge in [-0.1, -0.05) is 24.3 Å². The predicted molar refractivity (Wildman–Crippen MR) is 143 cm³/mol. The highest BCUT2D eigenvalue weighted by molar-refractivity contribution is 6.29. The molecule has 1 fully saturated rings. The number of nitrogens with one attached hydrogen (secondary N) is 2. The fraction of sp³-hybridized carbons (Fsp3) is 0.259. The van der Waals surface area contributed by atoms with Crippen molar-refractivity contribution < 1.29 is 9.59 Å². The maximum Gasteiger partial charge on any atom is 0.253 e. The number of hydrogen-bond donors (Lipinski definition) is 2. The number of halogens is 1. The summed E-state index contributed by atoms with van der Waals surface area (Å²) < 4.78 is 2.04. The Bertz CT molecular complexity index is 1420. The Morgan fingerprint density at radius 3 is 2.28 bits per heavy atom. The van der Waals surface area contributed by atoms with Crippen LogP contribution in [0.1, 0.15) is 23.2 Å². The van der Waals surface area contributed by atoms with Crippen LogP contribution in [0.4, 0.5) is 11.5 Å². The minimum absolute atomic E-state index is 0.0750. The van der Waals surface area contributed by atoms with E-state index in [-0.39, 0.29) is 17.7 Å². The number of likely N-dealkylation sites (tertiary alicyclic amines) is 1. The van der Waals surface area contributed by atoms with Gasteiger partial charge in [0.25, 0.3) is 5.91 Å². The molecule has 0 radical (unpaired) electrons. The number of rotatable bonds is 6. The van der Waals surface area contributed by atoms with E-state index < -0.39 is 0 Å². The van der Waals surface area contributed by atoms with Crippen LogP contribution in [0.15, 0.2) is 54.9 Å². The molecule has 2 aromatic carbocycles. The lowest BCUT2D eigenvalue weighted by Gasteiger charge is -2.15. The first-order valence-corrected chi connectivity index (χ1v) is 12.4. The fourth-order valence-corrected chi connectivity index (χ4v) is 4.92. The molecular weight excluding hydrogens is 476 g/mol. The molecule has 1 saturated heterocycles. The van der Waals surface area contributed by atoms with E-state index in [9.17, 15) is 9.59 Å². The second-order valence-electron chi connectivity index (χ2n) is 8.79. The third-order valence-corrected chi connectivity index (χ3v) is 6.82. The molecule has 0 aliphatic carbocycles. The molecule has 9 heteroatoms. The summed E-state index contributed by atoms with van der Waals surface area (Å²) in [5, 5.41) is 6.86. The summed E-state index contributed by atoms with van der Waals surface area (Å²) in [6, 6.07) is 15.4. The minimum Gasteiger partial charge on any atom is -0.372 e. The van der Waals surface area contributed by atoms with Crippen molar-refractivity contribution in [3.8, 4) is 22.4 Å². The number of carbonyl (C=O) groups excluding carboxylic acids is 2. The maximum absolute atomic E-state index is 12.9. The van der Waals surface area contributed by atoms with Crippen molar-refractivity contribution in [2.24, 2.45) is 7.05 Å². The van der Waals surface area contributed by atoms with Crippen molar-refractivity contribution in [2.45, 2.75) is 12.8 Å². The van der Waals surface area contributed by atoms with Crippen molar-refractivity contribution in [1.82, 2.24) is 19.4 Å². The number of aryl methyl sites for hydroxylation is 1. The molecular formula is C27H27ClN6O2. The Kier molecular flexibility index (Phi) is 6.61. The molecule has 1 aliphatic rings. The van der Waals surface area contributed by atoms with Crippen molar-refractivity contribution in [1.29, 1.82) is 0 Å². The van der Waals surface area contributed by atoms with Crippen LogP contribution in [0.5, 0.6) is 0 Å². The van der Waals surface area contributed by atoms with Crippen molar-refractivity contribution in [2.75, 3.05) is 36.7 Å². The third kappa shape index (κ3) is 4.28. The summed E-state index contributed by atoms with van der Waals surface area (Å²) in [6.45, 7) is 1.64. The van der Waals surface area contributed by atoms with Crippen LogP contribution >= 0.6 is 11.6 Å². The van der Waals surface area contributed by atoms with Crippen molar-refractivity contribution >= 4 is 46.0 Å². The lowest BCUT2D eigenvalue weighted by Crippen LogP contribution is -2.27. The molecule has 0 saturated carbocycles. The molecule has 4 aromatic rings. The normalized spacial score (nSPS) is 13.2. The van der Waals surface area contributed by atoms with E-state index in [0.717, 1.165) is 65.2 Å². The standard InChI is InChI=1S/C27H27ClN6O2/c1-29-25-23-22(17-5-7-19(8-6-17)27(36)34-13-3-4-14-34)24(33(2)26(23)31-16-30-25)18-9-11-20(12-10-18)32-21(35)15-28/h5-12,16H,3-4,13-15H2,1-2H3,(H,32,35)(H,29,30,31). The maximum atomic E-state index is 12.9. The lowest BCUT2D eigenvalue weighted by molar-refractivity contribution is -0.113. The average molecular weight is 503 g/mol. The van der Waals surface area contributed by atoms with Gasteiger partial charge in [-0.3, -0.25) is 9.59 Å². The average Bonchev–Trinajstić information content (AvgIpc) is 3.56. The zero-order valence-electron chi connectivity index (χ0n) is 20.2. The molecule has 2 aromatic heterocycles. The van der Waals surface area contributed by atoms with Crippen LogP contribution in [0.3, 0.4) is 0 Å². The quantitative estimate of drug-likeness (QED) is 0.371. The molecule has 3 heterocycles. The molecule has 1 aliphatic heterocycles. The van der Waals surface area contributed by atoms with Crippen LogP contribution in [-0.4, -0.2) is 57.3 Å². The first-order chi connectivity index (χ1) is 17.5. The summed E-state index contributed by atoms with van der Waals surface area (Å²) >= 11 is 5.62. The number of aromatic nitrogens is 3. The smallest absolute Gasteiger partial charge is 0.253 e. The zero-order chi connectivity index (χ0) is 25.2. The molecule has 2 amide bonds. The largest absolute Gasteiger partial charge is 0.372 e. The van der Waals surface area contributed by atoms with Gasteiger partial charge in [-0.2, -0.15) is 0 Å². The second kappa shape index (κ2) is 9.99. The third-order valence-electron chi connectivity index (χ3n) is 6.58. The van der Waals surface area contributed by atoms with E-state index in [1.54, 1.807) is 6.33 Å². The highest BCUT2D eigenvalue weighted by Crippen LogP contribution is 2.42. The summed E-state index contributed by atoms with van der Waals surface area (Å²) in [7, 11) is 3.81. The molecule has 5 rings (SSSR count). The number of nitrogens with zero attached hydrogens (tertiary/aromatic N) is 4. The molecule has 2 N–H and O–H groups in total. The van der Waals surface area contributed by atoms with E-state index in [0.29, 0.717) is 11.3 Å². The summed E-state index contributed by atoms with van der Waals surface area (Å²) in [5.74, 6) is 0.440. The van der Waals surface area contributed by atoms with E-state index in [1.807, 2.05) is 72.1 Å². The summed E-state index contributed by atoms with van der Waals surface area (Å²) in [6.07, 6.45) is 3.67. The Hall–Kier alpha value is -3.91. The molecule has 8 nitrogen and oxygen atoms in total. The van der Waals surface area contributed by atoms with Gasteiger partial charge in [0.2, 0.25) is 5.91 Å². The van der Waals surface area contributed by atoms with Gasteiger partial charge in [0, 0.05) is 44.0 Å². The Morgan fingerprint density at radius 2 is 1.64 bits per heavy atom. The molecule has 0 atom stereocenters. The number of fused-ring (bicyclic) bond motifs is 1. The minimum atomic E-state index is -0.257. The Balaban J connectivity index is 1.62.